The summed E-state index contributed by atoms with van der Waals surface area (Å²) >= 11 is 0. The highest BCUT2D eigenvalue weighted by Crippen LogP contribution is 2.42. The van der Waals surface area contributed by atoms with E-state index >= 15 is 0 Å². The van der Waals surface area contributed by atoms with Crippen LogP contribution in [0.2, 0.25) is 0 Å². The zero-order valence-corrected chi connectivity index (χ0v) is 10.4. The van der Waals surface area contributed by atoms with E-state index in [-0.39, 0.29) is 11.5 Å². The van der Waals surface area contributed by atoms with Crippen LogP contribution in [0.4, 0.5) is 0 Å². The molecule has 0 unspecified atom stereocenters. The van der Waals surface area contributed by atoms with Crippen molar-refractivity contribution in [2.45, 2.75) is 6.92 Å². The van der Waals surface area contributed by atoms with Gasteiger partial charge in [-0.05, 0) is 41.5 Å². The van der Waals surface area contributed by atoms with Gasteiger partial charge < -0.3 is 10.2 Å². The summed E-state index contributed by atoms with van der Waals surface area (Å²) in [5.74, 6) is 0.568. The van der Waals surface area contributed by atoms with Gasteiger partial charge in [0.1, 0.15) is 11.5 Å². The first-order chi connectivity index (χ1) is 9.16. The Hall–Kier alpha value is -2.48. The Morgan fingerprint density at radius 3 is 2.16 bits per heavy atom. The molecule has 0 aliphatic carbocycles. The molecule has 0 spiro atoms. The average Bonchev–Trinajstić information content (AvgIpc) is 2.41. The van der Waals surface area contributed by atoms with E-state index in [1.54, 1.807) is 12.1 Å². The second-order valence-corrected chi connectivity index (χ2v) is 5.04. The molecule has 0 atom stereocenters. The van der Waals surface area contributed by atoms with Crippen LogP contribution in [0.1, 0.15) is 5.56 Å². The zero-order chi connectivity index (χ0) is 13.1. The van der Waals surface area contributed by atoms with E-state index in [1.165, 1.54) is 0 Å². The lowest BCUT2D eigenvalue weighted by Gasteiger charge is -2.14. The van der Waals surface area contributed by atoms with E-state index < -0.39 is 0 Å². The summed E-state index contributed by atoms with van der Waals surface area (Å²) in [6.07, 6.45) is 0. The molecule has 0 bridgehead atoms. The summed E-state index contributed by atoms with van der Waals surface area (Å²) in [7, 11) is 0. The molecule has 0 aromatic heterocycles. The molecule has 0 aliphatic heterocycles. The maximum absolute atomic E-state index is 10.1. The van der Waals surface area contributed by atoms with Gasteiger partial charge in [0.15, 0.2) is 0 Å². The van der Waals surface area contributed by atoms with Crippen molar-refractivity contribution < 1.29 is 10.2 Å². The van der Waals surface area contributed by atoms with Crippen molar-refractivity contribution in [1.82, 2.24) is 0 Å². The summed E-state index contributed by atoms with van der Waals surface area (Å²) in [4.78, 5) is 0. The number of aromatic hydroxyl groups is 2. The van der Waals surface area contributed by atoms with E-state index in [1.807, 2.05) is 37.3 Å². The third kappa shape index (κ3) is 1.21. The molecule has 4 aromatic rings. The number of phenolic OH excluding ortho intramolecular Hbond substituents is 2. The SMILES string of the molecule is Cc1cc2c(O)ccc3ccc4c(O)ccc1c4c32. The first-order valence-electron chi connectivity index (χ1n) is 6.26. The molecule has 19 heavy (non-hydrogen) atoms. The largest absolute Gasteiger partial charge is 0.507 e. The van der Waals surface area contributed by atoms with Crippen LogP contribution in [0, 0.1) is 6.92 Å². The van der Waals surface area contributed by atoms with Gasteiger partial charge in [0, 0.05) is 21.5 Å². The molecule has 2 nitrogen and oxygen atoms in total. The number of phenols is 2. The van der Waals surface area contributed by atoms with Crippen LogP contribution in [0.25, 0.3) is 32.3 Å². The summed E-state index contributed by atoms with van der Waals surface area (Å²) in [5.41, 5.74) is 1.10. The van der Waals surface area contributed by atoms with Crippen molar-refractivity contribution in [1.29, 1.82) is 0 Å². The number of hydrogen-bond donors (Lipinski definition) is 2. The number of aryl methyl sites for hydroxylation is 1. The number of rotatable bonds is 0. The molecule has 0 amide bonds. The summed E-state index contributed by atoms with van der Waals surface area (Å²) in [6, 6.07) is 13.2. The minimum absolute atomic E-state index is 0.282. The number of hydrogen-bond acceptors (Lipinski definition) is 2. The van der Waals surface area contributed by atoms with Crippen molar-refractivity contribution >= 4 is 32.3 Å². The molecule has 2 N–H and O–H groups in total. The Morgan fingerprint density at radius 2 is 1.32 bits per heavy atom. The van der Waals surface area contributed by atoms with Crippen LogP contribution in [0.15, 0.2) is 42.5 Å². The second-order valence-electron chi connectivity index (χ2n) is 5.04. The van der Waals surface area contributed by atoms with Gasteiger partial charge in [0.25, 0.3) is 0 Å². The van der Waals surface area contributed by atoms with E-state index in [0.717, 1.165) is 37.9 Å². The van der Waals surface area contributed by atoms with E-state index in [9.17, 15) is 10.2 Å². The Morgan fingerprint density at radius 1 is 0.684 bits per heavy atom. The topological polar surface area (TPSA) is 40.5 Å². The van der Waals surface area contributed by atoms with Crippen LogP contribution >= 0.6 is 0 Å². The Kier molecular flexibility index (Phi) is 1.81. The molecule has 92 valence electrons. The van der Waals surface area contributed by atoms with Crippen LogP contribution < -0.4 is 0 Å². The highest BCUT2D eigenvalue weighted by Gasteiger charge is 2.14. The molecule has 0 aliphatic rings. The first-order valence-corrected chi connectivity index (χ1v) is 6.26. The summed E-state index contributed by atoms with van der Waals surface area (Å²) < 4.78 is 0. The maximum atomic E-state index is 10.1. The average molecular weight is 248 g/mol. The highest BCUT2D eigenvalue weighted by molar-refractivity contribution is 6.25. The van der Waals surface area contributed by atoms with Crippen LogP contribution in [-0.4, -0.2) is 10.2 Å². The lowest BCUT2D eigenvalue weighted by Crippen LogP contribution is -1.87. The maximum Gasteiger partial charge on any atom is 0.123 e. The summed E-state index contributed by atoms with van der Waals surface area (Å²) in [6.45, 7) is 2.03. The molecule has 4 rings (SSSR count). The molecule has 0 saturated heterocycles. The van der Waals surface area contributed by atoms with Gasteiger partial charge in [0.2, 0.25) is 0 Å². The fourth-order valence-electron chi connectivity index (χ4n) is 3.03. The van der Waals surface area contributed by atoms with Crippen LogP contribution in [0.5, 0.6) is 11.5 Å². The lowest BCUT2D eigenvalue weighted by atomic mass is 9.91. The van der Waals surface area contributed by atoms with E-state index in [4.69, 9.17) is 0 Å². The molecule has 0 heterocycles. The minimum atomic E-state index is 0.282. The van der Waals surface area contributed by atoms with Gasteiger partial charge >= 0.3 is 0 Å². The molecule has 0 saturated carbocycles. The predicted molar refractivity (Wildman–Crippen MR) is 78.2 cm³/mol. The third-order valence-corrected chi connectivity index (χ3v) is 3.94. The fourth-order valence-corrected chi connectivity index (χ4v) is 3.03. The minimum Gasteiger partial charge on any atom is -0.507 e. The Bertz CT molecular complexity index is 933. The van der Waals surface area contributed by atoms with Crippen LogP contribution in [0.3, 0.4) is 0 Å². The zero-order valence-electron chi connectivity index (χ0n) is 10.4. The number of benzene rings is 4. The van der Waals surface area contributed by atoms with Crippen molar-refractivity contribution in [3.63, 3.8) is 0 Å². The van der Waals surface area contributed by atoms with Gasteiger partial charge in [0.05, 0.1) is 0 Å². The monoisotopic (exact) mass is 248 g/mol. The molecule has 4 aromatic carbocycles. The second kappa shape index (κ2) is 3.29. The van der Waals surface area contributed by atoms with Gasteiger partial charge in [-0.3, -0.25) is 0 Å². The highest BCUT2D eigenvalue weighted by atomic mass is 16.3. The third-order valence-electron chi connectivity index (χ3n) is 3.94. The van der Waals surface area contributed by atoms with Crippen molar-refractivity contribution in [2.24, 2.45) is 0 Å². The van der Waals surface area contributed by atoms with Gasteiger partial charge in [-0.2, -0.15) is 0 Å². The lowest BCUT2D eigenvalue weighted by molar-refractivity contribution is 0.481. The van der Waals surface area contributed by atoms with Gasteiger partial charge in [-0.25, -0.2) is 0 Å². The van der Waals surface area contributed by atoms with E-state index in [0.29, 0.717) is 0 Å². The van der Waals surface area contributed by atoms with Gasteiger partial charge in [-0.15, -0.1) is 0 Å². The van der Waals surface area contributed by atoms with Crippen LogP contribution in [-0.2, 0) is 0 Å². The molecule has 0 fully saturated rings. The summed E-state index contributed by atoms with van der Waals surface area (Å²) in [5, 5.41) is 26.1. The standard InChI is InChI=1S/C17H12O2/c1-9-8-13-15(19)6-3-10-2-4-12-14(18)7-5-11(9)17(12)16(10)13/h2-8,18-19H,1H3. The van der Waals surface area contributed by atoms with E-state index in [2.05, 4.69) is 0 Å². The molecule has 2 heteroatoms. The normalized spacial score (nSPS) is 11.8. The quantitative estimate of drug-likeness (QED) is 0.455. The Labute approximate surface area is 109 Å². The molecular formula is C17H12O2. The Balaban J connectivity index is 2.48. The smallest absolute Gasteiger partial charge is 0.123 e. The van der Waals surface area contributed by atoms with Crippen molar-refractivity contribution in [3.05, 3.63) is 48.0 Å². The molecule has 0 radical (unpaired) electrons. The predicted octanol–water partition coefficient (Wildman–Crippen LogP) is 4.30. The van der Waals surface area contributed by atoms with Crippen molar-refractivity contribution in [3.8, 4) is 11.5 Å². The fraction of sp³-hybridized carbons (Fsp3) is 0.0588. The molecular weight excluding hydrogens is 236 g/mol. The van der Waals surface area contributed by atoms with Gasteiger partial charge in [-0.1, -0.05) is 24.3 Å². The first kappa shape index (κ1) is 10.4. The van der Waals surface area contributed by atoms with Crippen molar-refractivity contribution in [2.75, 3.05) is 0 Å².